The first-order chi connectivity index (χ1) is 13.0. The molecule has 1 unspecified atom stereocenters. The third-order valence-corrected chi connectivity index (χ3v) is 6.06. The number of nitrogens with zero attached hydrogens (tertiary/aromatic N) is 2. The summed E-state index contributed by atoms with van der Waals surface area (Å²) in [6, 6.07) is 6.82. The molecule has 6 heteroatoms. The number of carbonyl (C=O) groups excluding carboxylic acids is 2. The summed E-state index contributed by atoms with van der Waals surface area (Å²) >= 11 is 0. The number of carbonyl (C=O) groups is 2. The maximum atomic E-state index is 12.8. The Labute approximate surface area is 160 Å². The topological polar surface area (TPSA) is 61.9 Å². The summed E-state index contributed by atoms with van der Waals surface area (Å²) in [5.41, 5.74) is 1.82. The molecule has 2 saturated heterocycles. The maximum Gasteiger partial charge on any atom is 0.227 e. The maximum absolute atomic E-state index is 12.8. The molecule has 0 spiro atoms. The number of hydrogen-bond acceptors (Lipinski definition) is 4. The number of ether oxygens (including phenoxy) is 1. The molecule has 1 N–H and O–H groups in total. The van der Waals surface area contributed by atoms with E-state index in [0.29, 0.717) is 12.3 Å². The first kappa shape index (κ1) is 18.3. The Balaban J connectivity index is 1.36. The molecule has 0 bridgehead atoms. The van der Waals surface area contributed by atoms with Gasteiger partial charge in [-0.25, -0.2) is 0 Å². The molecule has 1 aromatic carbocycles. The van der Waals surface area contributed by atoms with Crippen molar-refractivity contribution in [1.29, 1.82) is 0 Å². The molecule has 1 saturated carbocycles. The molecule has 146 valence electrons. The number of aryl methyl sites for hydroxylation is 1. The molecule has 2 heterocycles. The van der Waals surface area contributed by atoms with E-state index in [4.69, 9.17) is 4.74 Å². The monoisotopic (exact) mass is 371 g/mol. The van der Waals surface area contributed by atoms with Gasteiger partial charge in [-0.15, -0.1) is 0 Å². The zero-order valence-electron chi connectivity index (χ0n) is 16.2. The van der Waals surface area contributed by atoms with E-state index in [1.165, 1.54) is 12.8 Å². The molecule has 1 aromatic rings. The van der Waals surface area contributed by atoms with Gasteiger partial charge in [0.15, 0.2) is 0 Å². The van der Waals surface area contributed by atoms with Crippen molar-refractivity contribution in [3.63, 3.8) is 0 Å². The van der Waals surface area contributed by atoms with Gasteiger partial charge in [-0.1, -0.05) is 6.07 Å². The molecule has 6 nitrogen and oxygen atoms in total. The van der Waals surface area contributed by atoms with Crippen LogP contribution in [0.4, 0.5) is 5.69 Å². The smallest absolute Gasteiger partial charge is 0.227 e. The van der Waals surface area contributed by atoms with Gasteiger partial charge in [0.25, 0.3) is 0 Å². The first-order valence-corrected chi connectivity index (χ1v) is 10.0. The van der Waals surface area contributed by atoms with E-state index < -0.39 is 0 Å². The van der Waals surface area contributed by atoms with Gasteiger partial charge in [0.05, 0.1) is 18.7 Å². The van der Waals surface area contributed by atoms with Crippen LogP contribution in [-0.4, -0.2) is 55.5 Å². The zero-order chi connectivity index (χ0) is 19.0. The number of piperidine rings is 1. The molecule has 27 heavy (non-hydrogen) atoms. The van der Waals surface area contributed by atoms with E-state index in [0.717, 1.165) is 43.2 Å². The lowest BCUT2D eigenvalue weighted by molar-refractivity contribution is -0.127. The number of nitrogens with one attached hydrogen (secondary N) is 1. The van der Waals surface area contributed by atoms with Gasteiger partial charge >= 0.3 is 0 Å². The van der Waals surface area contributed by atoms with Crippen molar-refractivity contribution >= 4 is 17.5 Å². The van der Waals surface area contributed by atoms with Gasteiger partial charge in [0, 0.05) is 38.1 Å². The Bertz CT molecular complexity index is 723. The van der Waals surface area contributed by atoms with Crippen molar-refractivity contribution in [1.82, 2.24) is 10.2 Å². The summed E-state index contributed by atoms with van der Waals surface area (Å²) in [5.74, 6) is 0.386. The normalized spacial score (nSPS) is 24.3. The van der Waals surface area contributed by atoms with Crippen LogP contribution in [0.5, 0.6) is 5.75 Å². The van der Waals surface area contributed by atoms with E-state index in [-0.39, 0.29) is 30.2 Å². The Morgan fingerprint density at radius 2 is 1.93 bits per heavy atom. The molecule has 1 aliphatic carbocycles. The SMILES string of the molecule is COc1ccc(C)cc1N1CC(C(=O)NC2CCN(C3CC3)CC2)CC1=O. The number of likely N-dealkylation sites (tertiary alicyclic amines) is 1. The fraction of sp³-hybridized carbons (Fsp3) is 0.619. The summed E-state index contributed by atoms with van der Waals surface area (Å²) in [6.45, 7) is 4.56. The quantitative estimate of drug-likeness (QED) is 0.861. The summed E-state index contributed by atoms with van der Waals surface area (Å²) < 4.78 is 5.41. The van der Waals surface area contributed by atoms with E-state index in [1.807, 2.05) is 25.1 Å². The van der Waals surface area contributed by atoms with Gasteiger partial charge in [-0.05, 0) is 50.3 Å². The largest absolute Gasteiger partial charge is 0.495 e. The van der Waals surface area contributed by atoms with Crippen molar-refractivity contribution < 1.29 is 14.3 Å². The predicted octanol–water partition coefficient (Wildman–Crippen LogP) is 2.10. The highest BCUT2D eigenvalue weighted by Crippen LogP contribution is 2.34. The third kappa shape index (κ3) is 3.95. The Hall–Kier alpha value is -2.08. The summed E-state index contributed by atoms with van der Waals surface area (Å²) in [7, 11) is 1.60. The van der Waals surface area contributed by atoms with Crippen molar-refractivity contribution in [3.05, 3.63) is 23.8 Å². The predicted molar refractivity (Wildman–Crippen MR) is 104 cm³/mol. The van der Waals surface area contributed by atoms with Crippen LogP contribution in [0.2, 0.25) is 0 Å². The van der Waals surface area contributed by atoms with Gasteiger partial charge in [-0.3, -0.25) is 9.59 Å². The standard InChI is InChI=1S/C21H29N3O3/c1-14-3-6-19(27-2)18(11-14)24-13-15(12-20(24)25)21(26)22-16-7-9-23(10-8-16)17-4-5-17/h3,6,11,15-17H,4-5,7-10,12-13H2,1-2H3,(H,22,26). The summed E-state index contributed by atoms with van der Waals surface area (Å²) in [4.78, 5) is 29.6. The van der Waals surface area contributed by atoms with Crippen LogP contribution in [0.3, 0.4) is 0 Å². The minimum atomic E-state index is -0.288. The second-order valence-electron chi connectivity index (χ2n) is 8.13. The summed E-state index contributed by atoms with van der Waals surface area (Å²) in [6.07, 6.45) is 4.96. The van der Waals surface area contributed by atoms with Gasteiger partial charge in [0.2, 0.25) is 11.8 Å². The Morgan fingerprint density at radius 3 is 2.59 bits per heavy atom. The highest BCUT2D eigenvalue weighted by molar-refractivity contribution is 6.01. The molecule has 0 aromatic heterocycles. The third-order valence-electron chi connectivity index (χ3n) is 6.06. The minimum absolute atomic E-state index is 0.0115. The van der Waals surface area contributed by atoms with Crippen LogP contribution >= 0.6 is 0 Å². The lowest BCUT2D eigenvalue weighted by Gasteiger charge is -2.32. The molecular weight excluding hydrogens is 342 g/mol. The summed E-state index contributed by atoms with van der Waals surface area (Å²) in [5, 5.41) is 3.20. The van der Waals surface area contributed by atoms with Gasteiger partial charge in [-0.2, -0.15) is 0 Å². The molecule has 0 radical (unpaired) electrons. The highest BCUT2D eigenvalue weighted by Gasteiger charge is 2.38. The molecule has 2 aliphatic heterocycles. The fourth-order valence-electron chi connectivity index (χ4n) is 4.29. The Kier molecular flexibility index (Phi) is 5.08. The van der Waals surface area contributed by atoms with Crippen LogP contribution in [-0.2, 0) is 9.59 Å². The second kappa shape index (κ2) is 7.50. The van der Waals surface area contributed by atoms with Crippen LogP contribution in [0.15, 0.2) is 18.2 Å². The van der Waals surface area contributed by atoms with Crippen molar-refractivity contribution in [2.75, 3.05) is 31.6 Å². The van der Waals surface area contributed by atoms with Crippen LogP contribution in [0.25, 0.3) is 0 Å². The van der Waals surface area contributed by atoms with E-state index >= 15 is 0 Å². The van der Waals surface area contributed by atoms with Crippen LogP contribution < -0.4 is 15.0 Å². The first-order valence-electron chi connectivity index (χ1n) is 10.0. The Morgan fingerprint density at radius 1 is 1.19 bits per heavy atom. The average molecular weight is 371 g/mol. The molecule has 3 aliphatic rings. The zero-order valence-corrected chi connectivity index (χ0v) is 16.2. The number of methoxy groups -OCH3 is 1. The van der Waals surface area contributed by atoms with E-state index in [9.17, 15) is 9.59 Å². The molecule has 2 amide bonds. The number of amides is 2. The van der Waals surface area contributed by atoms with Crippen molar-refractivity contribution in [2.45, 2.75) is 51.1 Å². The number of anilines is 1. The van der Waals surface area contributed by atoms with E-state index in [1.54, 1.807) is 12.0 Å². The number of benzene rings is 1. The second-order valence-corrected chi connectivity index (χ2v) is 8.13. The lowest BCUT2D eigenvalue weighted by Crippen LogP contribution is -2.47. The highest BCUT2D eigenvalue weighted by atomic mass is 16.5. The molecule has 1 atom stereocenters. The molecule has 3 fully saturated rings. The minimum Gasteiger partial charge on any atom is -0.495 e. The molecule has 4 rings (SSSR count). The number of hydrogen-bond donors (Lipinski definition) is 1. The number of rotatable bonds is 5. The van der Waals surface area contributed by atoms with Gasteiger partial charge in [0.1, 0.15) is 5.75 Å². The molecular formula is C21H29N3O3. The van der Waals surface area contributed by atoms with Crippen molar-refractivity contribution in [2.24, 2.45) is 5.92 Å². The average Bonchev–Trinajstić information content (AvgIpc) is 3.44. The van der Waals surface area contributed by atoms with Crippen LogP contribution in [0, 0.1) is 12.8 Å². The van der Waals surface area contributed by atoms with E-state index in [2.05, 4.69) is 10.2 Å². The van der Waals surface area contributed by atoms with Crippen LogP contribution in [0.1, 0.15) is 37.7 Å². The lowest BCUT2D eigenvalue weighted by atomic mass is 10.0. The van der Waals surface area contributed by atoms with Crippen molar-refractivity contribution in [3.8, 4) is 5.75 Å². The van der Waals surface area contributed by atoms with Gasteiger partial charge < -0.3 is 19.9 Å². The fourth-order valence-corrected chi connectivity index (χ4v) is 4.29.